The summed E-state index contributed by atoms with van der Waals surface area (Å²) in [7, 11) is 0. The van der Waals surface area contributed by atoms with Crippen LogP contribution in [0.15, 0.2) is 18.2 Å². The Morgan fingerprint density at radius 2 is 2.10 bits per heavy atom. The lowest BCUT2D eigenvalue weighted by Crippen LogP contribution is -2.24. The van der Waals surface area contributed by atoms with E-state index in [0.717, 1.165) is 19.5 Å². The quantitative estimate of drug-likeness (QED) is 0.478. The minimum atomic E-state index is -0.382. The minimum absolute atomic E-state index is 0.0875. The minimum Gasteiger partial charge on any atom is -0.312 e. The Morgan fingerprint density at radius 3 is 2.80 bits per heavy atom. The van der Waals surface area contributed by atoms with Crippen molar-refractivity contribution in [2.45, 2.75) is 25.8 Å². The fourth-order valence-corrected chi connectivity index (χ4v) is 2.78. The van der Waals surface area contributed by atoms with E-state index < -0.39 is 0 Å². The summed E-state index contributed by atoms with van der Waals surface area (Å²) in [5.74, 6) is 0. The SMILES string of the molecule is O=[N+]([O-])c1cccc(Cl)c1CNCCCN1CCCC1. The van der Waals surface area contributed by atoms with Crippen LogP contribution >= 0.6 is 11.6 Å². The summed E-state index contributed by atoms with van der Waals surface area (Å²) >= 11 is 6.04. The summed E-state index contributed by atoms with van der Waals surface area (Å²) in [5.41, 5.74) is 0.657. The van der Waals surface area contributed by atoms with Gasteiger partial charge in [-0.2, -0.15) is 0 Å². The molecule has 1 aliphatic heterocycles. The standard InChI is InChI=1S/C14H20ClN3O2/c15-13-5-3-6-14(18(19)20)12(13)11-16-7-4-10-17-8-1-2-9-17/h3,5-6,16H,1-2,4,7-11H2. The predicted octanol–water partition coefficient (Wildman–Crippen LogP) is 2.82. The molecule has 1 heterocycles. The van der Waals surface area contributed by atoms with E-state index in [4.69, 9.17) is 11.6 Å². The Morgan fingerprint density at radius 1 is 1.35 bits per heavy atom. The first-order valence-electron chi connectivity index (χ1n) is 7.03. The predicted molar refractivity (Wildman–Crippen MR) is 80.1 cm³/mol. The first-order chi connectivity index (χ1) is 9.68. The highest BCUT2D eigenvalue weighted by Crippen LogP contribution is 2.25. The van der Waals surface area contributed by atoms with Crippen LogP contribution in [-0.2, 0) is 6.54 Å². The number of benzene rings is 1. The van der Waals surface area contributed by atoms with E-state index in [2.05, 4.69) is 10.2 Å². The van der Waals surface area contributed by atoms with E-state index in [1.54, 1.807) is 12.1 Å². The topological polar surface area (TPSA) is 58.4 Å². The highest BCUT2D eigenvalue weighted by atomic mass is 35.5. The van der Waals surface area contributed by atoms with Crippen molar-refractivity contribution >= 4 is 17.3 Å². The third kappa shape index (κ3) is 4.16. The Hall–Kier alpha value is -1.17. The summed E-state index contributed by atoms with van der Waals surface area (Å²) < 4.78 is 0. The van der Waals surface area contributed by atoms with Gasteiger partial charge in [-0.25, -0.2) is 0 Å². The molecule has 5 nitrogen and oxygen atoms in total. The maximum atomic E-state index is 10.9. The number of nitrogens with one attached hydrogen (secondary N) is 1. The number of nitrogens with zero attached hydrogens (tertiary/aromatic N) is 2. The molecular weight excluding hydrogens is 278 g/mol. The Bertz CT molecular complexity index is 462. The van der Waals surface area contributed by atoms with Crippen LogP contribution in [0.4, 0.5) is 5.69 Å². The van der Waals surface area contributed by atoms with E-state index >= 15 is 0 Å². The van der Waals surface area contributed by atoms with Crippen molar-refractivity contribution in [3.05, 3.63) is 38.9 Å². The first-order valence-corrected chi connectivity index (χ1v) is 7.41. The zero-order valence-corrected chi connectivity index (χ0v) is 12.2. The van der Waals surface area contributed by atoms with Crippen LogP contribution in [0.2, 0.25) is 5.02 Å². The van der Waals surface area contributed by atoms with Crippen molar-refractivity contribution in [1.29, 1.82) is 0 Å². The Kier molecular flexibility index (Phi) is 5.76. The fourth-order valence-electron chi connectivity index (χ4n) is 2.54. The average Bonchev–Trinajstić information content (AvgIpc) is 2.92. The summed E-state index contributed by atoms with van der Waals surface area (Å²) in [6.07, 6.45) is 3.66. The lowest BCUT2D eigenvalue weighted by molar-refractivity contribution is -0.385. The lowest BCUT2D eigenvalue weighted by atomic mass is 10.2. The van der Waals surface area contributed by atoms with E-state index in [1.165, 1.54) is 32.0 Å². The number of likely N-dealkylation sites (tertiary alicyclic amines) is 1. The van der Waals surface area contributed by atoms with Crippen molar-refractivity contribution in [3.8, 4) is 0 Å². The average molecular weight is 298 g/mol. The van der Waals surface area contributed by atoms with Gasteiger partial charge in [-0.3, -0.25) is 10.1 Å². The van der Waals surface area contributed by atoms with E-state index in [-0.39, 0.29) is 10.6 Å². The monoisotopic (exact) mass is 297 g/mol. The second-order valence-corrected chi connectivity index (χ2v) is 5.48. The molecule has 0 amide bonds. The number of nitro groups is 1. The number of halogens is 1. The number of nitro benzene ring substituents is 1. The van der Waals surface area contributed by atoms with E-state index in [9.17, 15) is 10.1 Å². The molecule has 0 saturated carbocycles. The molecule has 0 aliphatic carbocycles. The first kappa shape index (κ1) is 15.2. The van der Waals surface area contributed by atoms with Crippen LogP contribution in [0.1, 0.15) is 24.8 Å². The zero-order valence-electron chi connectivity index (χ0n) is 11.5. The van der Waals surface area contributed by atoms with Crippen molar-refractivity contribution in [1.82, 2.24) is 10.2 Å². The molecule has 0 aromatic heterocycles. The summed E-state index contributed by atoms with van der Waals surface area (Å²) in [5, 5.41) is 14.6. The third-order valence-corrected chi connectivity index (χ3v) is 3.97. The number of rotatable bonds is 7. The second-order valence-electron chi connectivity index (χ2n) is 5.07. The molecule has 110 valence electrons. The molecule has 1 aliphatic rings. The van der Waals surface area contributed by atoms with Gasteiger partial charge < -0.3 is 10.2 Å². The van der Waals surface area contributed by atoms with Gasteiger partial charge in [0, 0.05) is 12.6 Å². The van der Waals surface area contributed by atoms with Gasteiger partial charge in [-0.15, -0.1) is 0 Å². The van der Waals surface area contributed by atoms with Gasteiger partial charge in [0.15, 0.2) is 0 Å². The molecule has 1 fully saturated rings. The van der Waals surface area contributed by atoms with Gasteiger partial charge in [0.05, 0.1) is 15.5 Å². The van der Waals surface area contributed by atoms with Crippen LogP contribution in [0.3, 0.4) is 0 Å². The molecule has 0 spiro atoms. The van der Waals surface area contributed by atoms with Crippen molar-refractivity contribution in [3.63, 3.8) is 0 Å². The molecule has 0 bridgehead atoms. The summed E-state index contributed by atoms with van der Waals surface area (Å²) in [6, 6.07) is 4.79. The third-order valence-electron chi connectivity index (χ3n) is 3.62. The molecule has 0 atom stereocenters. The van der Waals surface area contributed by atoms with Gasteiger partial charge in [-0.1, -0.05) is 17.7 Å². The highest BCUT2D eigenvalue weighted by Gasteiger charge is 2.16. The van der Waals surface area contributed by atoms with Crippen LogP contribution in [0.5, 0.6) is 0 Å². The lowest BCUT2D eigenvalue weighted by Gasteiger charge is -2.14. The zero-order chi connectivity index (χ0) is 14.4. The van der Waals surface area contributed by atoms with Crippen LogP contribution < -0.4 is 5.32 Å². The van der Waals surface area contributed by atoms with Crippen LogP contribution in [0.25, 0.3) is 0 Å². The van der Waals surface area contributed by atoms with Gasteiger partial charge in [0.1, 0.15) is 0 Å². The maximum absolute atomic E-state index is 10.9. The number of hydrogen-bond donors (Lipinski definition) is 1. The largest absolute Gasteiger partial charge is 0.312 e. The maximum Gasteiger partial charge on any atom is 0.275 e. The van der Waals surface area contributed by atoms with Gasteiger partial charge in [0.25, 0.3) is 5.69 Å². The Balaban J connectivity index is 1.77. The van der Waals surface area contributed by atoms with Gasteiger partial charge in [-0.05, 0) is 51.5 Å². The molecule has 1 aromatic rings. The van der Waals surface area contributed by atoms with Crippen molar-refractivity contribution in [2.24, 2.45) is 0 Å². The molecule has 20 heavy (non-hydrogen) atoms. The van der Waals surface area contributed by atoms with Gasteiger partial charge in [0.2, 0.25) is 0 Å². The molecule has 0 radical (unpaired) electrons. The summed E-state index contributed by atoms with van der Waals surface area (Å²) in [6.45, 7) is 4.79. The van der Waals surface area contributed by atoms with Crippen LogP contribution in [-0.4, -0.2) is 36.0 Å². The molecular formula is C14H20ClN3O2. The molecule has 1 aromatic carbocycles. The molecule has 0 unspecified atom stereocenters. The normalized spacial score (nSPS) is 15.7. The number of hydrogen-bond acceptors (Lipinski definition) is 4. The van der Waals surface area contributed by atoms with E-state index in [0.29, 0.717) is 17.1 Å². The summed E-state index contributed by atoms with van der Waals surface area (Å²) in [4.78, 5) is 13.0. The van der Waals surface area contributed by atoms with Gasteiger partial charge >= 0.3 is 0 Å². The molecule has 1 N–H and O–H groups in total. The van der Waals surface area contributed by atoms with Crippen LogP contribution in [0, 0.1) is 10.1 Å². The van der Waals surface area contributed by atoms with Crippen molar-refractivity contribution in [2.75, 3.05) is 26.2 Å². The molecule has 1 saturated heterocycles. The highest BCUT2D eigenvalue weighted by molar-refractivity contribution is 6.31. The molecule has 6 heteroatoms. The van der Waals surface area contributed by atoms with E-state index in [1.807, 2.05) is 0 Å². The Labute approximate surface area is 124 Å². The smallest absolute Gasteiger partial charge is 0.275 e. The second kappa shape index (κ2) is 7.57. The molecule has 2 rings (SSSR count). The van der Waals surface area contributed by atoms with Crippen molar-refractivity contribution < 1.29 is 4.92 Å². The fraction of sp³-hybridized carbons (Fsp3) is 0.571.